The van der Waals surface area contributed by atoms with Gasteiger partial charge in [-0.15, -0.1) is 0 Å². The SMILES string of the molecule is [B]C1(C)CCCC2C(CC1)CC1(COC1)N2C(C)C. The van der Waals surface area contributed by atoms with Crippen molar-refractivity contribution in [3.63, 3.8) is 0 Å². The lowest BCUT2D eigenvalue weighted by atomic mass is 9.62. The molecule has 0 amide bonds. The van der Waals surface area contributed by atoms with Gasteiger partial charge in [-0.2, -0.15) is 0 Å². The minimum absolute atomic E-state index is 0.0689. The van der Waals surface area contributed by atoms with Crippen molar-refractivity contribution in [1.82, 2.24) is 4.90 Å². The minimum atomic E-state index is 0.0689. The average molecular weight is 261 g/mol. The predicted octanol–water partition coefficient (Wildman–Crippen LogP) is 3.17. The first-order valence-corrected chi connectivity index (χ1v) is 8.09. The Kier molecular flexibility index (Phi) is 3.50. The lowest BCUT2D eigenvalue weighted by Gasteiger charge is -2.49. The summed E-state index contributed by atoms with van der Waals surface area (Å²) < 4.78 is 5.58. The van der Waals surface area contributed by atoms with Crippen LogP contribution in [-0.4, -0.2) is 43.6 Å². The van der Waals surface area contributed by atoms with Crippen LogP contribution in [0.15, 0.2) is 0 Å². The highest BCUT2D eigenvalue weighted by atomic mass is 16.5. The van der Waals surface area contributed by atoms with E-state index in [-0.39, 0.29) is 5.31 Å². The monoisotopic (exact) mass is 261 g/mol. The van der Waals surface area contributed by atoms with Crippen molar-refractivity contribution in [2.45, 2.75) is 82.2 Å². The fourth-order valence-electron chi connectivity index (χ4n) is 4.87. The van der Waals surface area contributed by atoms with Crippen molar-refractivity contribution in [2.75, 3.05) is 13.2 Å². The Labute approximate surface area is 119 Å². The minimum Gasteiger partial charge on any atom is -0.377 e. The summed E-state index contributed by atoms with van der Waals surface area (Å²) in [5, 5.41) is 0.0689. The molecule has 3 heteroatoms. The summed E-state index contributed by atoms with van der Waals surface area (Å²) in [4.78, 5) is 2.81. The second-order valence-electron chi connectivity index (χ2n) is 7.83. The Bertz CT molecular complexity index is 338. The lowest BCUT2D eigenvalue weighted by Crippen LogP contribution is -2.62. The highest BCUT2D eigenvalue weighted by Crippen LogP contribution is 2.50. The Hall–Kier alpha value is -0.0151. The molecule has 0 aromatic heterocycles. The zero-order valence-corrected chi connectivity index (χ0v) is 12.8. The van der Waals surface area contributed by atoms with Crippen LogP contribution in [0.1, 0.15) is 59.3 Å². The normalized spacial score (nSPS) is 42.7. The van der Waals surface area contributed by atoms with Gasteiger partial charge in [-0.1, -0.05) is 31.5 Å². The topological polar surface area (TPSA) is 12.5 Å². The van der Waals surface area contributed by atoms with E-state index in [1.165, 1.54) is 38.5 Å². The van der Waals surface area contributed by atoms with Gasteiger partial charge in [-0.3, -0.25) is 4.90 Å². The number of nitrogens with zero attached hydrogens (tertiary/aromatic N) is 1. The molecule has 106 valence electrons. The van der Waals surface area contributed by atoms with Crippen LogP contribution in [0, 0.1) is 5.92 Å². The summed E-state index contributed by atoms with van der Waals surface area (Å²) in [6, 6.07) is 1.42. The fourth-order valence-corrected chi connectivity index (χ4v) is 4.87. The molecule has 1 spiro atoms. The third-order valence-electron chi connectivity index (χ3n) is 5.72. The molecule has 2 heterocycles. The van der Waals surface area contributed by atoms with E-state index in [0.29, 0.717) is 11.6 Å². The van der Waals surface area contributed by atoms with Crippen molar-refractivity contribution in [1.29, 1.82) is 0 Å². The summed E-state index contributed by atoms with van der Waals surface area (Å²) in [5.74, 6) is 0.842. The van der Waals surface area contributed by atoms with Crippen LogP contribution in [-0.2, 0) is 4.74 Å². The van der Waals surface area contributed by atoms with Gasteiger partial charge in [0.15, 0.2) is 0 Å². The summed E-state index contributed by atoms with van der Waals surface area (Å²) in [6.07, 6.45) is 7.64. The second-order valence-corrected chi connectivity index (χ2v) is 7.83. The highest BCUT2D eigenvalue weighted by molar-refractivity contribution is 6.14. The Morgan fingerprint density at radius 3 is 2.53 bits per heavy atom. The molecule has 0 bridgehead atoms. The van der Waals surface area contributed by atoms with Crippen molar-refractivity contribution in [3.05, 3.63) is 0 Å². The van der Waals surface area contributed by atoms with E-state index in [9.17, 15) is 0 Å². The van der Waals surface area contributed by atoms with Crippen LogP contribution < -0.4 is 0 Å². The molecule has 3 rings (SSSR count). The van der Waals surface area contributed by atoms with E-state index in [4.69, 9.17) is 12.6 Å². The van der Waals surface area contributed by atoms with E-state index < -0.39 is 0 Å². The molecule has 3 atom stereocenters. The van der Waals surface area contributed by atoms with Gasteiger partial charge in [-0.05, 0) is 39.0 Å². The number of rotatable bonds is 1. The highest BCUT2D eigenvalue weighted by Gasteiger charge is 2.56. The molecule has 1 saturated carbocycles. The molecule has 3 aliphatic rings. The molecule has 0 N–H and O–H groups in total. The van der Waals surface area contributed by atoms with Crippen molar-refractivity contribution >= 4 is 7.85 Å². The van der Waals surface area contributed by atoms with E-state index >= 15 is 0 Å². The molecule has 2 radical (unpaired) electrons. The maximum Gasteiger partial charge on any atom is 0.0742 e. The van der Waals surface area contributed by atoms with Gasteiger partial charge in [0.25, 0.3) is 0 Å². The van der Waals surface area contributed by atoms with Gasteiger partial charge in [0.2, 0.25) is 0 Å². The molecule has 2 nitrogen and oxygen atoms in total. The van der Waals surface area contributed by atoms with E-state index in [2.05, 4.69) is 25.7 Å². The molecular formula is C16H28BNO. The maximum atomic E-state index is 6.40. The van der Waals surface area contributed by atoms with E-state index in [1.54, 1.807) is 0 Å². The summed E-state index contributed by atoms with van der Waals surface area (Å²) in [5.41, 5.74) is 0.374. The average Bonchev–Trinajstić information content (AvgIpc) is 2.59. The quantitative estimate of drug-likeness (QED) is 0.672. The van der Waals surface area contributed by atoms with Gasteiger partial charge >= 0.3 is 0 Å². The Morgan fingerprint density at radius 1 is 1.21 bits per heavy atom. The standard InChI is InChI=1S/C16H28BNO/c1-12(2)18-14-5-4-7-15(3,17)8-6-13(14)9-16(18)10-19-11-16/h12-14H,4-11H2,1-3H3. The molecule has 19 heavy (non-hydrogen) atoms. The number of hydrogen-bond acceptors (Lipinski definition) is 2. The first-order chi connectivity index (χ1) is 8.94. The van der Waals surface area contributed by atoms with Gasteiger partial charge in [0, 0.05) is 12.1 Å². The van der Waals surface area contributed by atoms with E-state index in [1.807, 2.05) is 0 Å². The smallest absolute Gasteiger partial charge is 0.0742 e. The molecule has 0 aromatic carbocycles. The van der Waals surface area contributed by atoms with Gasteiger partial charge < -0.3 is 4.74 Å². The van der Waals surface area contributed by atoms with Crippen LogP contribution in [0.2, 0.25) is 5.31 Å². The second kappa shape index (κ2) is 4.77. The molecular weight excluding hydrogens is 233 g/mol. The van der Waals surface area contributed by atoms with Crippen LogP contribution in [0.5, 0.6) is 0 Å². The van der Waals surface area contributed by atoms with E-state index in [0.717, 1.165) is 25.2 Å². The third kappa shape index (κ3) is 2.38. The lowest BCUT2D eigenvalue weighted by molar-refractivity contribution is -0.141. The summed E-state index contributed by atoms with van der Waals surface area (Å²) in [7, 11) is 6.40. The first-order valence-electron chi connectivity index (χ1n) is 8.09. The molecule has 0 aromatic rings. The molecule has 3 fully saturated rings. The van der Waals surface area contributed by atoms with Crippen LogP contribution in [0.3, 0.4) is 0 Å². The number of hydrogen-bond donors (Lipinski definition) is 0. The first kappa shape index (κ1) is 13.9. The van der Waals surface area contributed by atoms with Crippen molar-refractivity contribution < 1.29 is 4.74 Å². The van der Waals surface area contributed by atoms with Gasteiger partial charge in [0.05, 0.1) is 26.6 Å². The number of ether oxygens (including phenoxy) is 1. The van der Waals surface area contributed by atoms with Gasteiger partial charge in [-0.25, -0.2) is 0 Å². The zero-order valence-electron chi connectivity index (χ0n) is 12.8. The number of likely N-dealkylation sites (tertiary alicyclic amines) is 1. The zero-order chi connectivity index (χ0) is 13.7. The van der Waals surface area contributed by atoms with Crippen LogP contribution in [0.25, 0.3) is 0 Å². The van der Waals surface area contributed by atoms with Crippen LogP contribution >= 0.6 is 0 Å². The predicted molar refractivity (Wildman–Crippen MR) is 79.6 cm³/mol. The van der Waals surface area contributed by atoms with Crippen molar-refractivity contribution in [3.8, 4) is 0 Å². The third-order valence-corrected chi connectivity index (χ3v) is 5.72. The number of fused-ring (bicyclic) bond motifs is 1. The summed E-state index contributed by atoms with van der Waals surface area (Å²) in [6.45, 7) is 8.86. The van der Waals surface area contributed by atoms with Crippen LogP contribution in [0.4, 0.5) is 0 Å². The molecule has 1 aliphatic carbocycles. The Balaban J connectivity index is 1.79. The molecule has 2 aliphatic heterocycles. The largest absolute Gasteiger partial charge is 0.377 e. The van der Waals surface area contributed by atoms with Crippen molar-refractivity contribution in [2.24, 2.45) is 5.92 Å². The fraction of sp³-hybridized carbons (Fsp3) is 1.00. The molecule has 2 saturated heterocycles. The Morgan fingerprint density at radius 2 is 1.95 bits per heavy atom. The molecule has 3 unspecified atom stereocenters. The maximum absolute atomic E-state index is 6.40. The van der Waals surface area contributed by atoms with Gasteiger partial charge in [0.1, 0.15) is 0 Å². The summed E-state index contributed by atoms with van der Waals surface area (Å²) >= 11 is 0.